The summed E-state index contributed by atoms with van der Waals surface area (Å²) in [6, 6.07) is 4.43. The van der Waals surface area contributed by atoms with Crippen molar-refractivity contribution in [1.29, 1.82) is 0 Å². The van der Waals surface area contributed by atoms with Gasteiger partial charge in [-0.15, -0.1) is 0 Å². The number of hydrogen-bond donors (Lipinski definition) is 3. The molecule has 0 atom stereocenters. The third-order valence-corrected chi connectivity index (χ3v) is 6.96. The first kappa shape index (κ1) is 22.8. The number of nitrogens with one attached hydrogen (secondary N) is 2. The summed E-state index contributed by atoms with van der Waals surface area (Å²) >= 11 is 6.30. The fourth-order valence-corrected chi connectivity index (χ4v) is 4.92. The summed E-state index contributed by atoms with van der Waals surface area (Å²) in [5.41, 5.74) is 7.23. The van der Waals surface area contributed by atoms with Crippen LogP contribution in [0.5, 0.6) is 0 Å². The Labute approximate surface area is 201 Å². The molecule has 0 unspecified atom stereocenters. The Balaban J connectivity index is 1.51. The molecule has 11 heteroatoms. The van der Waals surface area contributed by atoms with Crippen LogP contribution in [0.2, 0.25) is 5.02 Å². The van der Waals surface area contributed by atoms with Gasteiger partial charge in [0.05, 0.1) is 16.9 Å². The van der Waals surface area contributed by atoms with Gasteiger partial charge in [-0.3, -0.25) is 9.36 Å². The number of halogens is 2. The predicted octanol–water partition coefficient (Wildman–Crippen LogP) is 4.17. The van der Waals surface area contributed by atoms with Crippen LogP contribution in [0.4, 0.5) is 22.0 Å². The zero-order chi connectivity index (χ0) is 23.7. The van der Waals surface area contributed by atoms with Crippen molar-refractivity contribution in [3.63, 3.8) is 0 Å². The van der Waals surface area contributed by atoms with E-state index in [4.69, 9.17) is 32.0 Å². The molecule has 2 aliphatic rings. The third-order valence-electron chi connectivity index (χ3n) is 6.63. The first-order valence-corrected chi connectivity index (χ1v) is 12.0. The number of nitrogens with two attached hydrogens (primary N) is 1. The van der Waals surface area contributed by atoms with Gasteiger partial charge >= 0.3 is 0 Å². The summed E-state index contributed by atoms with van der Waals surface area (Å²) in [7, 11) is 0. The quantitative estimate of drug-likeness (QED) is 0.477. The lowest BCUT2D eigenvalue weighted by Crippen LogP contribution is -2.29. The standard InChI is InChI=1S/C23H27ClFN7O2/c24-17-6-3-14(25)11-18(17)29-23-30-19-12-27-22(28-15-7-9-34-10-8-15)31-21(19)32(23)16-4-1-13(2-5-16)20(26)33/h3,6,11-13,15-16H,1-2,4-5,7-10H2,(H2,26,33)(H,29,30)(H,27,28,31)/t13-,16+. The lowest BCUT2D eigenvalue weighted by atomic mass is 9.85. The minimum absolute atomic E-state index is 0.0428. The second-order valence-electron chi connectivity index (χ2n) is 8.90. The lowest BCUT2D eigenvalue weighted by molar-refractivity contribution is -0.122. The molecule has 9 nitrogen and oxygen atoms in total. The SMILES string of the molecule is NC(=O)[C@H]1CC[C@@H](n2c(Nc3cc(F)ccc3Cl)nc3cnc(NC4CCOCC4)nc32)CC1. The van der Waals surface area contributed by atoms with Crippen LogP contribution >= 0.6 is 11.6 Å². The van der Waals surface area contributed by atoms with Gasteiger partial charge in [0.15, 0.2) is 5.65 Å². The van der Waals surface area contributed by atoms with Crippen LogP contribution in [-0.2, 0) is 9.53 Å². The number of benzene rings is 1. The smallest absolute Gasteiger partial charge is 0.224 e. The Morgan fingerprint density at radius 3 is 2.65 bits per heavy atom. The highest BCUT2D eigenvalue weighted by Crippen LogP contribution is 2.37. The molecule has 0 radical (unpaired) electrons. The Bertz CT molecular complexity index is 1190. The fraction of sp³-hybridized carbons (Fsp3) is 0.478. The number of rotatable bonds is 6. The van der Waals surface area contributed by atoms with Gasteiger partial charge in [0.2, 0.25) is 17.8 Å². The molecule has 1 aliphatic heterocycles. The summed E-state index contributed by atoms with van der Waals surface area (Å²) in [6.45, 7) is 1.42. The van der Waals surface area contributed by atoms with Crippen LogP contribution in [0.25, 0.3) is 11.2 Å². The number of nitrogens with zero attached hydrogens (tertiary/aromatic N) is 4. The molecular formula is C23H27ClFN7O2. The number of carbonyl (C=O) groups is 1. The van der Waals surface area contributed by atoms with Gasteiger partial charge in [-0.05, 0) is 56.7 Å². The van der Waals surface area contributed by atoms with Gasteiger partial charge in [-0.1, -0.05) is 11.6 Å². The third kappa shape index (κ3) is 4.78. The van der Waals surface area contributed by atoms with Crippen LogP contribution < -0.4 is 16.4 Å². The molecule has 3 aromatic rings. The number of anilines is 3. The Hall–Kier alpha value is -2.98. The minimum Gasteiger partial charge on any atom is -0.381 e. The van der Waals surface area contributed by atoms with Crippen LogP contribution in [-0.4, -0.2) is 44.7 Å². The molecule has 0 bridgehead atoms. The van der Waals surface area contributed by atoms with Gasteiger partial charge in [0, 0.05) is 31.2 Å². The molecule has 180 valence electrons. The number of fused-ring (bicyclic) bond motifs is 1. The van der Waals surface area contributed by atoms with E-state index in [0.717, 1.165) is 25.7 Å². The fourth-order valence-electron chi connectivity index (χ4n) is 4.75. The van der Waals surface area contributed by atoms with Crippen molar-refractivity contribution in [2.24, 2.45) is 11.7 Å². The van der Waals surface area contributed by atoms with Crippen LogP contribution in [0.3, 0.4) is 0 Å². The highest BCUT2D eigenvalue weighted by atomic mass is 35.5. The molecule has 2 fully saturated rings. The topological polar surface area (TPSA) is 120 Å². The highest BCUT2D eigenvalue weighted by molar-refractivity contribution is 6.33. The molecule has 5 rings (SSSR count). The maximum Gasteiger partial charge on any atom is 0.224 e. The second kappa shape index (κ2) is 9.71. The van der Waals surface area contributed by atoms with Crippen molar-refractivity contribution in [3.05, 3.63) is 35.2 Å². The van der Waals surface area contributed by atoms with Crippen molar-refractivity contribution >= 4 is 46.3 Å². The van der Waals surface area contributed by atoms with Crippen molar-refractivity contribution in [2.45, 2.75) is 50.6 Å². The Morgan fingerprint density at radius 1 is 1.15 bits per heavy atom. The summed E-state index contributed by atoms with van der Waals surface area (Å²) in [5, 5.41) is 6.97. The molecule has 4 N–H and O–H groups in total. The number of aromatic nitrogens is 4. The van der Waals surface area contributed by atoms with E-state index in [1.807, 2.05) is 4.57 Å². The van der Waals surface area contributed by atoms with Gasteiger partial charge in [0.25, 0.3) is 0 Å². The Morgan fingerprint density at radius 2 is 1.91 bits per heavy atom. The van der Waals surface area contributed by atoms with Gasteiger partial charge in [0.1, 0.15) is 11.3 Å². The van der Waals surface area contributed by atoms with Crippen LogP contribution in [0, 0.1) is 11.7 Å². The number of hydrogen-bond acceptors (Lipinski definition) is 7. The molecule has 1 aliphatic carbocycles. The van der Waals surface area contributed by atoms with Crippen LogP contribution in [0.15, 0.2) is 24.4 Å². The molecular weight excluding hydrogens is 461 g/mol. The minimum atomic E-state index is -0.403. The van der Waals surface area contributed by atoms with E-state index in [2.05, 4.69) is 15.6 Å². The van der Waals surface area contributed by atoms with Crippen molar-refractivity contribution in [2.75, 3.05) is 23.8 Å². The first-order valence-electron chi connectivity index (χ1n) is 11.6. The maximum atomic E-state index is 13.9. The Kier molecular flexibility index (Phi) is 6.51. The molecule has 1 aromatic carbocycles. The molecule has 34 heavy (non-hydrogen) atoms. The summed E-state index contributed by atoms with van der Waals surface area (Å²) < 4.78 is 21.3. The molecule has 1 saturated carbocycles. The number of primary amides is 1. The highest BCUT2D eigenvalue weighted by Gasteiger charge is 2.29. The van der Waals surface area contributed by atoms with Crippen molar-refractivity contribution in [1.82, 2.24) is 19.5 Å². The zero-order valence-electron chi connectivity index (χ0n) is 18.6. The molecule has 2 aromatic heterocycles. The zero-order valence-corrected chi connectivity index (χ0v) is 19.4. The maximum absolute atomic E-state index is 13.9. The van der Waals surface area contributed by atoms with Crippen molar-refractivity contribution in [3.8, 4) is 0 Å². The normalized spacial score (nSPS) is 21.5. The van der Waals surface area contributed by atoms with Crippen molar-refractivity contribution < 1.29 is 13.9 Å². The summed E-state index contributed by atoms with van der Waals surface area (Å²) in [4.78, 5) is 25.6. The molecule has 3 heterocycles. The predicted molar refractivity (Wildman–Crippen MR) is 128 cm³/mol. The van der Waals surface area contributed by atoms with E-state index in [9.17, 15) is 9.18 Å². The van der Waals surface area contributed by atoms with E-state index in [0.29, 0.717) is 59.8 Å². The van der Waals surface area contributed by atoms with E-state index in [1.165, 1.54) is 18.2 Å². The van der Waals surface area contributed by atoms with E-state index in [-0.39, 0.29) is 23.9 Å². The monoisotopic (exact) mass is 487 g/mol. The second-order valence-corrected chi connectivity index (χ2v) is 9.30. The summed E-state index contributed by atoms with van der Waals surface area (Å²) in [5.74, 6) is 0.244. The molecule has 0 spiro atoms. The summed E-state index contributed by atoms with van der Waals surface area (Å²) in [6.07, 6.45) is 6.35. The van der Waals surface area contributed by atoms with E-state index >= 15 is 0 Å². The van der Waals surface area contributed by atoms with E-state index < -0.39 is 5.82 Å². The largest absolute Gasteiger partial charge is 0.381 e. The number of ether oxygens (including phenoxy) is 1. The average Bonchev–Trinajstić information content (AvgIpc) is 3.19. The van der Waals surface area contributed by atoms with Gasteiger partial charge < -0.3 is 21.1 Å². The molecule has 1 amide bonds. The lowest BCUT2D eigenvalue weighted by Gasteiger charge is -2.29. The van der Waals surface area contributed by atoms with Gasteiger partial charge in [-0.2, -0.15) is 4.98 Å². The first-order chi connectivity index (χ1) is 16.5. The van der Waals surface area contributed by atoms with E-state index in [1.54, 1.807) is 6.20 Å². The number of imidazole rings is 1. The number of amides is 1. The molecule has 1 saturated heterocycles. The average molecular weight is 488 g/mol. The van der Waals surface area contributed by atoms with Gasteiger partial charge in [-0.25, -0.2) is 14.4 Å². The van der Waals surface area contributed by atoms with Crippen LogP contribution in [0.1, 0.15) is 44.6 Å². The number of carbonyl (C=O) groups excluding carboxylic acids is 1.